The van der Waals surface area contributed by atoms with Crippen molar-refractivity contribution >= 4 is 22.4 Å². The molecule has 0 amide bonds. The number of aromatic nitrogens is 3. The van der Waals surface area contributed by atoms with Crippen LogP contribution in [0.2, 0.25) is 0 Å². The highest BCUT2D eigenvalue weighted by Gasteiger charge is 2.12. The maximum atomic E-state index is 5.86. The summed E-state index contributed by atoms with van der Waals surface area (Å²) in [6.07, 6.45) is 3.31. The number of hydrogen-bond donors (Lipinski definition) is 1. The summed E-state index contributed by atoms with van der Waals surface area (Å²) in [6, 6.07) is 13.6. The molecule has 0 aliphatic heterocycles. The number of rotatable bonds is 8. The number of anilines is 2. The van der Waals surface area contributed by atoms with E-state index in [0.717, 1.165) is 30.3 Å². The standard InChI is InChI=1S/C19H22N4O2/c1-3-4-8-11-25-18-13-16-15(12-17(18)24-2)19(22-23-21-16)20-14-9-6-5-7-10-14/h5-7,9-10,12-13H,3-4,8,11H2,1-2H3,(H,20,21,22). The van der Waals surface area contributed by atoms with Gasteiger partial charge in [0.2, 0.25) is 0 Å². The number of nitrogens with one attached hydrogen (secondary N) is 1. The summed E-state index contributed by atoms with van der Waals surface area (Å²) in [5, 5.41) is 16.2. The van der Waals surface area contributed by atoms with Crippen molar-refractivity contribution in [3.05, 3.63) is 42.5 Å². The highest BCUT2D eigenvalue weighted by atomic mass is 16.5. The van der Waals surface area contributed by atoms with Crippen LogP contribution in [-0.4, -0.2) is 29.1 Å². The molecule has 1 aromatic heterocycles. The fourth-order valence-electron chi connectivity index (χ4n) is 2.55. The Bertz CT molecular complexity index is 824. The largest absolute Gasteiger partial charge is 0.493 e. The van der Waals surface area contributed by atoms with Crippen molar-refractivity contribution in [2.24, 2.45) is 0 Å². The molecular formula is C19H22N4O2. The van der Waals surface area contributed by atoms with Crippen LogP contribution in [0.25, 0.3) is 10.9 Å². The summed E-state index contributed by atoms with van der Waals surface area (Å²) in [4.78, 5) is 0. The van der Waals surface area contributed by atoms with Gasteiger partial charge < -0.3 is 14.8 Å². The fourth-order valence-corrected chi connectivity index (χ4v) is 2.55. The van der Waals surface area contributed by atoms with E-state index in [1.165, 1.54) is 0 Å². The maximum absolute atomic E-state index is 5.86. The molecule has 0 fully saturated rings. The van der Waals surface area contributed by atoms with E-state index in [1.54, 1.807) is 7.11 Å². The van der Waals surface area contributed by atoms with Gasteiger partial charge in [0, 0.05) is 11.8 Å². The Hall–Kier alpha value is -2.89. The predicted molar refractivity (Wildman–Crippen MR) is 98.6 cm³/mol. The number of hydrogen-bond acceptors (Lipinski definition) is 6. The minimum Gasteiger partial charge on any atom is -0.493 e. The Balaban J connectivity index is 1.90. The third-order valence-corrected chi connectivity index (χ3v) is 3.88. The second kappa shape index (κ2) is 8.28. The molecule has 0 atom stereocenters. The van der Waals surface area contributed by atoms with Gasteiger partial charge in [0.05, 0.1) is 19.1 Å². The van der Waals surface area contributed by atoms with Gasteiger partial charge in [0.25, 0.3) is 0 Å². The van der Waals surface area contributed by atoms with Gasteiger partial charge in [-0.2, -0.15) is 0 Å². The topological polar surface area (TPSA) is 69.2 Å². The van der Waals surface area contributed by atoms with Crippen molar-refractivity contribution in [1.82, 2.24) is 15.4 Å². The zero-order chi connectivity index (χ0) is 17.5. The quantitative estimate of drug-likeness (QED) is 0.616. The number of para-hydroxylation sites is 1. The highest BCUT2D eigenvalue weighted by Crippen LogP contribution is 2.34. The summed E-state index contributed by atoms with van der Waals surface area (Å²) < 4.78 is 11.3. The molecular weight excluding hydrogens is 316 g/mol. The lowest BCUT2D eigenvalue weighted by Gasteiger charge is -2.13. The minimum absolute atomic E-state index is 0.632. The Labute approximate surface area is 147 Å². The molecule has 130 valence electrons. The first-order valence-electron chi connectivity index (χ1n) is 8.47. The first-order chi connectivity index (χ1) is 12.3. The van der Waals surface area contributed by atoms with Crippen molar-refractivity contribution in [2.45, 2.75) is 26.2 Å². The summed E-state index contributed by atoms with van der Waals surface area (Å²) in [5.74, 6) is 1.97. The highest BCUT2D eigenvalue weighted by molar-refractivity contribution is 5.92. The van der Waals surface area contributed by atoms with E-state index in [0.29, 0.717) is 29.4 Å². The molecule has 0 spiro atoms. The van der Waals surface area contributed by atoms with Crippen LogP contribution in [0.5, 0.6) is 11.5 Å². The molecule has 0 bridgehead atoms. The predicted octanol–water partition coefficient (Wildman–Crippen LogP) is 4.35. The molecule has 0 aliphatic carbocycles. The number of unbranched alkanes of at least 4 members (excludes halogenated alkanes) is 2. The van der Waals surface area contributed by atoms with Crippen LogP contribution in [0.3, 0.4) is 0 Å². The Kier molecular flexibility index (Phi) is 5.61. The van der Waals surface area contributed by atoms with Crippen molar-refractivity contribution in [3.8, 4) is 11.5 Å². The second-order valence-corrected chi connectivity index (χ2v) is 5.70. The van der Waals surface area contributed by atoms with E-state index in [1.807, 2.05) is 42.5 Å². The molecule has 1 heterocycles. The molecule has 1 N–H and O–H groups in total. The number of ether oxygens (including phenoxy) is 2. The van der Waals surface area contributed by atoms with Crippen LogP contribution in [0.1, 0.15) is 26.2 Å². The zero-order valence-corrected chi connectivity index (χ0v) is 14.5. The van der Waals surface area contributed by atoms with E-state index in [-0.39, 0.29) is 0 Å². The van der Waals surface area contributed by atoms with E-state index in [9.17, 15) is 0 Å². The Morgan fingerprint density at radius 3 is 2.60 bits per heavy atom. The first-order valence-corrected chi connectivity index (χ1v) is 8.47. The van der Waals surface area contributed by atoms with E-state index >= 15 is 0 Å². The number of fused-ring (bicyclic) bond motifs is 1. The fraction of sp³-hybridized carbons (Fsp3) is 0.316. The molecule has 0 saturated heterocycles. The van der Waals surface area contributed by atoms with Gasteiger partial charge in [-0.1, -0.05) is 38.0 Å². The second-order valence-electron chi connectivity index (χ2n) is 5.70. The lowest BCUT2D eigenvalue weighted by Crippen LogP contribution is -2.02. The minimum atomic E-state index is 0.632. The van der Waals surface area contributed by atoms with Crippen LogP contribution >= 0.6 is 0 Å². The van der Waals surface area contributed by atoms with Crippen LogP contribution in [0, 0.1) is 0 Å². The summed E-state index contributed by atoms with van der Waals surface area (Å²) >= 11 is 0. The summed E-state index contributed by atoms with van der Waals surface area (Å²) in [7, 11) is 1.63. The van der Waals surface area contributed by atoms with E-state index < -0.39 is 0 Å². The molecule has 3 aromatic rings. The molecule has 6 heteroatoms. The lowest BCUT2D eigenvalue weighted by molar-refractivity contribution is 0.286. The number of nitrogens with zero attached hydrogens (tertiary/aromatic N) is 3. The van der Waals surface area contributed by atoms with Crippen LogP contribution in [0.4, 0.5) is 11.5 Å². The van der Waals surface area contributed by atoms with Gasteiger partial charge in [0.1, 0.15) is 5.52 Å². The van der Waals surface area contributed by atoms with Gasteiger partial charge >= 0.3 is 0 Å². The Morgan fingerprint density at radius 1 is 1.00 bits per heavy atom. The molecule has 25 heavy (non-hydrogen) atoms. The Morgan fingerprint density at radius 2 is 1.84 bits per heavy atom. The smallest absolute Gasteiger partial charge is 0.164 e. The SMILES string of the molecule is CCCCCOc1cc2nnnc(Nc3ccccc3)c2cc1OC. The van der Waals surface area contributed by atoms with Gasteiger partial charge in [0.15, 0.2) is 17.3 Å². The molecule has 0 radical (unpaired) electrons. The summed E-state index contributed by atoms with van der Waals surface area (Å²) in [5.41, 5.74) is 1.64. The van der Waals surface area contributed by atoms with Crippen LogP contribution in [0.15, 0.2) is 42.5 Å². The van der Waals surface area contributed by atoms with Crippen molar-refractivity contribution in [1.29, 1.82) is 0 Å². The molecule has 3 rings (SSSR count). The van der Waals surface area contributed by atoms with E-state index in [4.69, 9.17) is 9.47 Å². The van der Waals surface area contributed by atoms with E-state index in [2.05, 4.69) is 27.7 Å². The van der Waals surface area contributed by atoms with Crippen molar-refractivity contribution < 1.29 is 9.47 Å². The maximum Gasteiger partial charge on any atom is 0.164 e. The molecule has 6 nitrogen and oxygen atoms in total. The van der Waals surface area contributed by atoms with Gasteiger partial charge in [-0.25, -0.2) is 0 Å². The van der Waals surface area contributed by atoms with Gasteiger partial charge in [-0.05, 0) is 29.8 Å². The van der Waals surface area contributed by atoms with Gasteiger partial charge in [-0.15, -0.1) is 10.2 Å². The first kappa shape index (κ1) is 17.0. The third kappa shape index (κ3) is 4.15. The third-order valence-electron chi connectivity index (χ3n) is 3.88. The monoisotopic (exact) mass is 338 g/mol. The number of methoxy groups -OCH3 is 1. The molecule has 0 aliphatic rings. The molecule has 0 saturated carbocycles. The van der Waals surface area contributed by atoms with Crippen LogP contribution < -0.4 is 14.8 Å². The molecule has 2 aromatic carbocycles. The van der Waals surface area contributed by atoms with Crippen molar-refractivity contribution in [3.63, 3.8) is 0 Å². The van der Waals surface area contributed by atoms with Crippen LogP contribution in [-0.2, 0) is 0 Å². The van der Waals surface area contributed by atoms with Gasteiger partial charge in [-0.3, -0.25) is 0 Å². The summed E-state index contributed by atoms with van der Waals surface area (Å²) in [6.45, 7) is 2.82. The number of benzene rings is 2. The average Bonchev–Trinajstić information content (AvgIpc) is 2.66. The average molecular weight is 338 g/mol. The lowest BCUT2D eigenvalue weighted by atomic mass is 10.2. The van der Waals surface area contributed by atoms with Crippen molar-refractivity contribution in [2.75, 3.05) is 19.0 Å². The normalized spacial score (nSPS) is 10.6. The zero-order valence-electron chi connectivity index (χ0n) is 14.5. The molecule has 0 unspecified atom stereocenters.